The number of aryl methyl sites for hydroxylation is 1. The van der Waals surface area contributed by atoms with E-state index >= 15 is 0 Å². The minimum absolute atomic E-state index is 0.163. The summed E-state index contributed by atoms with van der Waals surface area (Å²) >= 11 is 7.49. The molecule has 3 N–H and O–H groups in total. The van der Waals surface area contributed by atoms with Crippen molar-refractivity contribution in [3.8, 4) is 0 Å². The maximum atomic E-state index is 11.1. The number of carbonyl (C=O) groups excluding carboxylic acids is 1. The fourth-order valence-electron chi connectivity index (χ4n) is 1.84. The second-order valence-corrected chi connectivity index (χ2v) is 6.15. The molecule has 1 unspecified atom stereocenters. The molecular formula is C14H15ClN2OS. The molecule has 1 heterocycles. The Bertz CT molecular complexity index is 609. The Morgan fingerprint density at radius 1 is 1.37 bits per heavy atom. The molecule has 0 radical (unpaired) electrons. The van der Waals surface area contributed by atoms with Crippen LogP contribution in [0.15, 0.2) is 30.3 Å². The molecule has 0 fully saturated rings. The van der Waals surface area contributed by atoms with Gasteiger partial charge in [-0.15, -0.1) is 11.3 Å². The monoisotopic (exact) mass is 294 g/mol. The van der Waals surface area contributed by atoms with Crippen LogP contribution in [0.5, 0.6) is 0 Å². The molecule has 100 valence electrons. The summed E-state index contributed by atoms with van der Waals surface area (Å²) in [7, 11) is 0. The van der Waals surface area contributed by atoms with Crippen molar-refractivity contribution in [1.82, 2.24) is 0 Å². The van der Waals surface area contributed by atoms with Crippen molar-refractivity contribution < 1.29 is 4.79 Å². The van der Waals surface area contributed by atoms with E-state index in [4.69, 9.17) is 17.3 Å². The van der Waals surface area contributed by atoms with Crippen LogP contribution < -0.4 is 11.1 Å². The summed E-state index contributed by atoms with van der Waals surface area (Å²) in [6, 6.07) is 9.46. The molecule has 1 atom stereocenters. The summed E-state index contributed by atoms with van der Waals surface area (Å²) in [5.41, 5.74) is 7.76. The maximum absolute atomic E-state index is 11.1. The molecule has 0 spiro atoms. The highest BCUT2D eigenvalue weighted by atomic mass is 35.5. The van der Waals surface area contributed by atoms with Gasteiger partial charge < -0.3 is 11.1 Å². The number of anilines is 1. The summed E-state index contributed by atoms with van der Waals surface area (Å²) in [4.78, 5) is 12.3. The van der Waals surface area contributed by atoms with Crippen LogP contribution in [0.25, 0.3) is 0 Å². The quantitative estimate of drug-likeness (QED) is 0.896. The predicted molar refractivity (Wildman–Crippen MR) is 81.1 cm³/mol. The molecule has 2 rings (SSSR count). The van der Waals surface area contributed by atoms with Gasteiger partial charge >= 0.3 is 0 Å². The predicted octanol–water partition coefficient (Wildman–Crippen LogP) is 3.98. The minimum Gasteiger partial charge on any atom is -0.377 e. The van der Waals surface area contributed by atoms with Gasteiger partial charge in [0.2, 0.25) is 5.91 Å². The van der Waals surface area contributed by atoms with Gasteiger partial charge in [0.15, 0.2) is 0 Å². The zero-order chi connectivity index (χ0) is 14.0. The number of amides is 1. The minimum atomic E-state index is -0.410. The van der Waals surface area contributed by atoms with E-state index in [-0.39, 0.29) is 6.04 Å². The summed E-state index contributed by atoms with van der Waals surface area (Å²) in [6.07, 6.45) is 0. The Morgan fingerprint density at radius 3 is 2.63 bits per heavy atom. The third-order valence-corrected chi connectivity index (χ3v) is 4.32. The van der Waals surface area contributed by atoms with Crippen molar-refractivity contribution >= 4 is 34.5 Å². The summed E-state index contributed by atoms with van der Waals surface area (Å²) in [5, 5.41) is 3.41. The highest BCUT2D eigenvalue weighted by molar-refractivity contribution is 7.16. The average molecular weight is 295 g/mol. The van der Waals surface area contributed by atoms with E-state index in [0.717, 1.165) is 15.6 Å². The van der Waals surface area contributed by atoms with E-state index in [0.29, 0.717) is 5.56 Å². The summed E-state index contributed by atoms with van der Waals surface area (Å²) < 4.78 is 0.782. The van der Waals surface area contributed by atoms with Crippen LogP contribution in [0.4, 0.5) is 5.69 Å². The van der Waals surface area contributed by atoms with E-state index in [1.165, 1.54) is 4.88 Å². The molecule has 3 nitrogen and oxygen atoms in total. The largest absolute Gasteiger partial charge is 0.377 e. The number of nitrogens with one attached hydrogen (secondary N) is 1. The first-order valence-electron chi connectivity index (χ1n) is 5.89. The van der Waals surface area contributed by atoms with Gasteiger partial charge in [-0.2, -0.15) is 0 Å². The fourth-order valence-corrected chi connectivity index (χ4v) is 2.91. The number of halogens is 1. The molecule has 2 aromatic rings. The van der Waals surface area contributed by atoms with Crippen LogP contribution in [-0.2, 0) is 0 Å². The zero-order valence-corrected chi connectivity index (χ0v) is 12.3. The maximum Gasteiger partial charge on any atom is 0.248 e. The third-order valence-electron chi connectivity index (χ3n) is 2.90. The first-order valence-corrected chi connectivity index (χ1v) is 7.09. The van der Waals surface area contributed by atoms with E-state index < -0.39 is 5.91 Å². The Kier molecular flexibility index (Phi) is 4.12. The Morgan fingerprint density at radius 2 is 2.11 bits per heavy atom. The summed E-state index contributed by atoms with van der Waals surface area (Å²) in [5.74, 6) is -0.410. The standard InChI is InChI=1S/C14H15ClN2OS/c1-8-7-10(14(16)18)3-4-11(8)17-9(2)12-5-6-13(15)19-12/h3-7,9,17H,1-2H3,(H2,16,18). The normalized spacial score (nSPS) is 12.2. The number of hydrogen-bond donors (Lipinski definition) is 2. The SMILES string of the molecule is Cc1cc(C(N)=O)ccc1NC(C)c1ccc(Cl)s1. The topological polar surface area (TPSA) is 55.1 Å². The number of primary amides is 1. The van der Waals surface area contributed by atoms with Crippen LogP contribution >= 0.6 is 22.9 Å². The van der Waals surface area contributed by atoms with Gasteiger partial charge in [0.05, 0.1) is 10.4 Å². The number of benzene rings is 1. The molecule has 5 heteroatoms. The van der Waals surface area contributed by atoms with Gasteiger partial charge in [0, 0.05) is 16.1 Å². The summed E-state index contributed by atoms with van der Waals surface area (Å²) in [6.45, 7) is 4.02. The van der Waals surface area contributed by atoms with Crippen molar-refractivity contribution in [3.05, 3.63) is 50.7 Å². The van der Waals surface area contributed by atoms with E-state index in [1.807, 2.05) is 25.1 Å². The van der Waals surface area contributed by atoms with Crippen molar-refractivity contribution in [2.24, 2.45) is 5.73 Å². The van der Waals surface area contributed by atoms with Crippen LogP contribution in [0.2, 0.25) is 4.34 Å². The molecule has 1 aromatic carbocycles. The molecule has 0 aliphatic rings. The molecular weight excluding hydrogens is 280 g/mol. The van der Waals surface area contributed by atoms with Gasteiger partial charge in [0.25, 0.3) is 0 Å². The molecule has 0 aliphatic heterocycles. The highest BCUT2D eigenvalue weighted by Gasteiger charge is 2.10. The Hall–Kier alpha value is -1.52. The van der Waals surface area contributed by atoms with Gasteiger partial charge in [-0.05, 0) is 49.7 Å². The number of thiophene rings is 1. The number of nitrogens with two attached hydrogens (primary N) is 1. The zero-order valence-electron chi connectivity index (χ0n) is 10.7. The number of hydrogen-bond acceptors (Lipinski definition) is 3. The van der Waals surface area contributed by atoms with Gasteiger partial charge in [-0.3, -0.25) is 4.79 Å². The molecule has 0 bridgehead atoms. The Labute approximate surface area is 121 Å². The van der Waals surface area contributed by atoms with Crippen molar-refractivity contribution in [2.75, 3.05) is 5.32 Å². The van der Waals surface area contributed by atoms with Crippen LogP contribution in [0.3, 0.4) is 0 Å². The van der Waals surface area contributed by atoms with Gasteiger partial charge in [-0.25, -0.2) is 0 Å². The average Bonchev–Trinajstić information content (AvgIpc) is 2.78. The lowest BCUT2D eigenvalue weighted by Crippen LogP contribution is -2.12. The van der Waals surface area contributed by atoms with Crippen LogP contribution in [0, 0.1) is 6.92 Å². The van der Waals surface area contributed by atoms with Crippen molar-refractivity contribution in [3.63, 3.8) is 0 Å². The smallest absolute Gasteiger partial charge is 0.248 e. The molecule has 1 amide bonds. The number of rotatable bonds is 4. The van der Waals surface area contributed by atoms with E-state index in [1.54, 1.807) is 23.5 Å². The van der Waals surface area contributed by atoms with E-state index in [9.17, 15) is 4.79 Å². The lowest BCUT2D eigenvalue weighted by atomic mass is 10.1. The molecule has 0 saturated heterocycles. The van der Waals surface area contributed by atoms with Gasteiger partial charge in [-0.1, -0.05) is 11.6 Å². The second-order valence-electron chi connectivity index (χ2n) is 4.40. The van der Waals surface area contributed by atoms with Gasteiger partial charge in [0.1, 0.15) is 0 Å². The first-order chi connectivity index (χ1) is 8.97. The lowest BCUT2D eigenvalue weighted by Gasteiger charge is -2.16. The lowest BCUT2D eigenvalue weighted by molar-refractivity contribution is 0.1000. The van der Waals surface area contributed by atoms with E-state index in [2.05, 4.69) is 12.2 Å². The molecule has 0 aliphatic carbocycles. The van der Waals surface area contributed by atoms with Crippen LogP contribution in [-0.4, -0.2) is 5.91 Å². The molecule has 1 aromatic heterocycles. The fraction of sp³-hybridized carbons (Fsp3) is 0.214. The second kappa shape index (κ2) is 5.63. The Balaban J connectivity index is 2.17. The molecule has 0 saturated carbocycles. The van der Waals surface area contributed by atoms with Crippen molar-refractivity contribution in [1.29, 1.82) is 0 Å². The number of carbonyl (C=O) groups is 1. The van der Waals surface area contributed by atoms with Crippen LogP contribution in [0.1, 0.15) is 33.8 Å². The van der Waals surface area contributed by atoms with Crippen molar-refractivity contribution in [2.45, 2.75) is 19.9 Å². The third kappa shape index (κ3) is 3.28. The first kappa shape index (κ1) is 13.9. The highest BCUT2D eigenvalue weighted by Crippen LogP contribution is 2.29. The molecule has 19 heavy (non-hydrogen) atoms.